The molecule has 3 aromatic rings. The number of rotatable bonds is 6. The van der Waals surface area contributed by atoms with Crippen molar-refractivity contribution in [3.8, 4) is 5.75 Å². The average molecular weight is 400 g/mol. The van der Waals surface area contributed by atoms with Crippen LogP contribution in [0.3, 0.4) is 0 Å². The molecule has 0 unspecified atom stereocenters. The number of methoxy groups -OCH3 is 1. The normalized spacial score (nSPS) is 10.9. The van der Waals surface area contributed by atoms with Crippen LogP contribution in [-0.2, 0) is 10.0 Å². The van der Waals surface area contributed by atoms with Crippen molar-refractivity contribution in [3.05, 3.63) is 84.2 Å². The van der Waals surface area contributed by atoms with Crippen LogP contribution in [0.5, 0.6) is 5.75 Å². The van der Waals surface area contributed by atoms with E-state index < -0.39 is 15.8 Å². The van der Waals surface area contributed by atoms with Gasteiger partial charge in [-0.05, 0) is 72.8 Å². The number of hydrogen-bond acceptors (Lipinski definition) is 4. The Kier molecular flexibility index (Phi) is 5.60. The van der Waals surface area contributed by atoms with Crippen molar-refractivity contribution in [1.82, 2.24) is 0 Å². The van der Waals surface area contributed by atoms with Crippen molar-refractivity contribution in [2.45, 2.75) is 4.90 Å². The summed E-state index contributed by atoms with van der Waals surface area (Å²) >= 11 is 0. The summed E-state index contributed by atoms with van der Waals surface area (Å²) in [6.45, 7) is 0. The monoisotopic (exact) mass is 400 g/mol. The number of nitrogens with one attached hydrogen (secondary N) is 2. The van der Waals surface area contributed by atoms with E-state index in [2.05, 4.69) is 10.0 Å². The average Bonchev–Trinajstić information content (AvgIpc) is 2.70. The van der Waals surface area contributed by atoms with Crippen LogP contribution in [0, 0.1) is 5.82 Å². The predicted octanol–water partition coefficient (Wildman–Crippen LogP) is 3.89. The Morgan fingerprint density at radius 3 is 2.00 bits per heavy atom. The molecular weight excluding hydrogens is 383 g/mol. The molecule has 0 radical (unpaired) electrons. The highest BCUT2D eigenvalue weighted by Crippen LogP contribution is 2.19. The minimum absolute atomic E-state index is 0.0159. The van der Waals surface area contributed by atoms with Gasteiger partial charge >= 0.3 is 0 Å². The second kappa shape index (κ2) is 8.10. The van der Waals surface area contributed by atoms with Gasteiger partial charge in [-0.25, -0.2) is 12.8 Å². The number of ether oxygens (including phenoxy) is 1. The van der Waals surface area contributed by atoms with E-state index in [4.69, 9.17) is 4.74 Å². The molecule has 8 heteroatoms. The Labute approximate surface area is 162 Å². The Balaban J connectivity index is 1.70. The van der Waals surface area contributed by atoms with Gasteiger partial charge in [0.05, 0.1) is 12.0 Å². The van der Waals surface area contributed by atoms with Crippen LogP contribution in [0.4, 0.5) is 15.8 Å². The molecule has 0 fully saturated rings. The largest absolute Gasteiger partial charge is 0.497 e. The van der Waals surface area contributed by atoms with E-state index in [1.807, 2.05) is 0 Å². The highest BCUT2D eigenvalue weighted by molar-refractivity contribution is 7.92. The summed E-state index contributed by atoms with van der Waals surface area (Å²) in [7, 11) is -2.30. The second-order valence-electron chi connectivity index (χ2n) is 5.82. The summed E-state index contributed by atoms with van der Waals surface area (Å²) in [6, 6.07) is 17.3. The van der Waals surface area contributed by atoms with Crippen LogP contribution >= 0.6 is 0 Å². The van der Waals surface area contributed by atoms with Gasteiger partial charge in [0.1, 0.15) is 11.6 Å². The van der Waals surface area contributed by atoms with Crippen LogP contribution < -0.4 is 14.8 Å². The van der Waals surface area contributed by atoms with Crippen molar-refractivity contribution in [1.29, 1.82) is 0 Å². The van der Waals surface area contributed by atoms with Gasteiger partial charge in [-0.3, -0.25) is 9.52 Å². The van der Waals surface area contributed by atoms with Gasteiger partial charge in [-0.2, -0.15) is 0 Å². The number of sulfonamides is 1. The van der Waals surface area contributed by atoms with E-state index >= 15 is 0 Å². The zero-order valence-corrected chi connectivity index (χ0v) is 15.7. The molecular formula is C20H17FN2O4S. The molecule has 144 valence electrons. The summed E-state index contributed by atoms with van der Waals surface area (Å²) in [4.78, 5) is 12.3. The van der Waals surface area contributed by atoms with E-state index in [1.165, 1.54) is 36.4 Å². The third-order valence-corrected chi connectivity index (χ3v) is 5.27. The Morgan fingerprint density at radius 2 is 1.43 bits per heavy atom. The number of amides is 1. The molecule has 0 bridgehead atoms. The molecule has 1 amide bonds. The SMILES string of the molecule is COc1ccc(NC(=O)c2ccc(S(=O)(=O)Nc3ccc(F)cc3)cc2)cc1. The highest BCUT2D eigenvalue weighted by atomic mass is 32.2. The molecule has 0 spiro atoms. The smallest absolute Gasteiger partial charge is 0.261 e. The summed E-state index contributed by atoms with van der Waals surface area (Å²) in [5, 5.41) is 2.72. The molecule has 0 heterocycles. The minimum atomic E-state index is -3.85. The zero-order valence-electron chi connectivity index (χ0n) is 14.8. The molecule has 0 aliphatic carbocycles. The number of hydrogen-bond donors (Lipinski definition) is 2. The summed E-state index contributed by atoms with van der Waals surface area (Å²) in [5.41, 5.74) is 1.12. The molecule has 3 aromatic carbocycles. The van der Waals surface area contributed by atoms with Crippen molar-refractivity contribution in [2.75, 3.05) is 17.1 Å². The molecule has 28 heavy (non-hydrogen) atoms. The molecule has 0 aromatic heterocycles. The van der Waals surface area contributed by atoms with Gasteiger partial charge in [0, 0.05) is 16.9 Å². The van der Waals surface area contributed by atoms with Gasteiger partial charge in [-0.15, -0.1) is 0 Å². The Morgan fingerprint density at radius 1 is 0.857 bits per heavy atom. The first-order valence-corrected chi connectivity index (χ1v) is 9.69. The lowest BCUT2D eigenvalue weighted by molar-refractivity contribution is 0.102. The minimum Gasteiger partial charge on any atom is -0.497 e. The molecule has 0 saturated carbocycles. The second-order valence-corrected chi connectivity index (χ2v) is 7.50. The van der Waals surface area contributed by atoms with Crippen LogP contribution in [-0.4, -0.2) is 21.4 Å². The van der Waals surface area contributed by atoms with Crippen molar-refractivity contribution in [3.63, 3.8) is 0 Å². The van der Waals surface area contributed by atoms with E-state index in [0.717, 1.165) is 12.1 Å². The fourth-order valence-electron chi connectivity index (χ4n) is 2.40. The Hall–Kier alpha value is -3.39. The summed E-state index contributed by atoms with van der Waals surface area (Å²) in [5.74, 6) is -0.169. The van der Waals surface area contributed by atoms with E-state index in [0.29, 0.717) is 17.0 Å². The first-order valence-electron chi connectivity index (χ1n) is 8.21. The van der Waals surface area contributed by atoms with Crippen molar-refractivity contribution < 1.29 is 22.3 Å². The van der Waals surface area contributed by atoms with Crippen molar-refractivity contribution >= 4 is 27.3 Å². The zero-order chi connectivity index (χ0) is 20.1. The first kappa shape index (κ1) is 19.4. The lowest BCUT2D eigenvalue weighted by Gasteiger charge is -2.09. The molecule has 0 aliphatic heterocycles. The number of carbonyl (C=O) groups excluding carboxylic acids is 1. The maximum absolute atomic E-state index is 12.9. The summed E-state index contributed by atoms with van der Waals surface area (Å²) < 4.78 is 45.2. The van der Waals surface area contributed by atoms with Gasteiger partial charge in [0.25, 0.3) is 15.9 Å². The van der Waals surface area contributed by atoms with E-state index in [-0.39, 0.29) is 16.5 Å². The van der Waals surface area contributed by atoms with E-state index in [9.17, 15) is 17.6 Å². The summed E-state index contributed by atoms with van der Waals surface area (Å²) in [6.07, 6.45) is 0. The number of halogens is 1. The molecule has 6 nitrogen and oxygen atoms in total. The number of benzene rings is 3. The number of carbonyl (C=O) groups is 1. The fraction of sp³-hybridized carbons (Fsp3) is 0.0500. The molecule has 0 aliphatic rings. The quantitative estimate of drug-likeness (QED) is 0.658. The fourth-order valence-corrected chi connectivity index (χ4v) is 3.45. The Bertz CT molecular complexity index is 1060. The molecule has 2 N–H and O–H groups in total. The molecule has 0 saturated heterocycles. The van der Waals surface area contributed by atoms with Gasteiger partial charge in [0.15, 0.2) is 0 Å². The standard InChI is InChI=1S/C20H17FN2O4S/c1-27-18-10-8-16(9-11-18)22-20(24)14-2-12-19(13-3-14)28(25,26)23-17-6-4-15(21)5-7-17/h2-13,23H,1H3,(H,22,24). The topological polar surface area (TPSA) is 84.5 Å². The van der Waals surface area contributed by atoms with Crippen LogP contribution in [0.1, 0.15) is 10.4 Å². The van der Waals surface area contributed by atoms with Crippen LogP contribution in [0.2, 0.25) is 0 Å². The lowest BCUT2D eigenvalue weighted by Crippen LogP contribution is -2.14. The van der Waals surface area contributed by atoms with Gasteiger partial charge in [-0.1, -0.05) is 0 Å². The number of anilines is 2. The third-order valence-electron chi connectivity index (χ3n) is 3.87. The maximum Gasteiger partial charge on any atom is 0.261 e. The highest BCUT2D eigenvalue weighted by Gasteiger charge is 2.15. The van der Waals surface area contributed by atoms with Gasteiger partial charge < -0.3 is 10.1 Å². The third kappa shape index (κ3) is 4.66. The van der Waals surface area contributed by atoms with Crippen molar-refractivity contribution in [2.24, 2.45) is 0 Å². The van der Waals surface area contributed by atoms with Crippen LogP contribution in [0.15, 0.2) is 77.7 Å². The van der Waals surface area contributed by atoms with Crippen LogP contribution in [0.25, 0.3) is 0 Å². The lowest BCUT2D eigenvalue weighted by atomic mass is 10.2. The van der Waals surface area contributed by atoms with E-state index in [1.54, 1.807) is 31.4 Å². The maximum atomic E-state index is 12.9. The first-order chi connectivity index (χ1) is 13.4. The van der Waals surface area contributed by atoms with Gasteiger partial charge in [0.2, 0.25) is 0 Å². The molecule has 0 atom stereocenters. The molecule has 3 rings (SSSR count). The predicted molar refractivity (Wildman–Crippen MR) is 105 cm³/mol.